The molecule has 1 atom stereocenters. The summed E-state index contributed by atoms with van der Waals surface area (Å²) in [4.78, 5) is 0. The van der Waals surface area contributed by atoms with Crippen molar-refractivity contribution in [2.24, 2.45) is 7.05 Å². The molecule has 0 spiro atoms. The summed E-state index contributed by atoms with van der Waals surface area (Å²) in [5, 5.41) is 27.2. The molecule has 1 aliphatic rings. The first kappa shape index (κ1) is 27.3. The third-order valence-electron chi connectivity index (χ3n) is 5.55. The average Bonchev–Trinajstić information content (AvgIpc) is 3.42. The lowest BCUT2D eigenvalue weighted by atomic mass is 9.79. The number of ether oxygens (including phenoxy) is 1. The van der Waals surface area contributed by atoms with Gasteiger partial charge in [-0.25, -0.2) is 9.07 Å². The van der Waals surface area contributed by atoms with Crippen molar-refractivity contribution in [3.05, 3.63) is 63.4 Å². The maximum Gasteiger partial charge on any atom is 0.491 e. The number of aryl methyl sites for hydroxylation is 1. The van der Waals surface area contributed by atoms with Gasteiger partial charge in [-0.15, -0.1) is 0 Å². The first-order chi connectivity index (χ1) is 16.5. The van der Waals surface area contributed by atoms with E-state index in [0.29, 0.717) is 30.9 Å². The number of hydrogen-bond donors (Lipinski definition) is 1. The predicted molar refractivity (Wildman–Crippen MR) is 138 cm³/mol. The lowest BCUT2D eigenvalue weighted by Gasteiger charge is -2.15. The van der Waals surface area contributed by atoms with E-state index in [0.717, 1.165) is 27.5 Å². The van der Waals surface area contributed by atoms with Crippen LogP contribution < -0.4 is 5.46 Å². The van der Waals surface area contributed by atoms with E-state index in [9.17, 15) is 14.7 Å². The van der Waals surface area contributed by atoms with Gasteiger partial charge in [0.15, 0.2) is 0 Å². The highest BCUT2D eigenvalue weighted by atomic mass is 79.9. The summed E-state index contributed by atoms with van der Waals surface area (Å²) in [5.74, 6) is -0.293. The molecule has 0 radical (unpaired) electrons. The van der Waals surface area contributed by atoms with Gasteiger partial charge >= 0.3 is 7.12 Å². The van der Waals surface area contributed by atoms with E-state index in [1.807, 2.05) is 7.05 Å². The fourth-order valence-electron chi connectivity index (χ4n) is 3.52. The van der Waals surface area contributed by atoms with Crippen molar-refractivity contribution in [1.82, 2.24) is 19.6 Å². The molecule has 0 fully saturated rings. The zero-order chi connectivity index (χ0) is 25.8. The summed E-state index contributed by atoms with van der Waals surface area (Å²) >= 11 is 3.50. The molecule has 1 aliphatic heterocycles. The van der Waals surface area contributed by atoms with Crippen molar-refractivity contribution in [1.29, 1.82) is 5.26 Å². The molecule has 8 nitrogen and oxygen atoms in total. The van der Waals surface area contributed by atoms with Crippen LogP contribution in [0.25, 0.3) is 0 Å². The number of fused-ring (bicyclic) bond motifs is 1. The standard InChI is InChI=1S/C15H22BrN5OSi.C8H8BFO2/c1-20-15(16)12(10-18-20)7-13-8-14(9-17)21(19-13)11-22-5-6-23(2,3)4;1-5-7-4-6(10)2-3-8(7)9(11)12-5/h8,10H,5-7,11H2,1-4H3;2-5,11H,1H3. The molecule has 186 valence electrons. The topological polar surface area (TPSA) is 98.1 Å². The van der Waals surface area contributed by atoms with Crippen molar-refractivity contribution >= 4 is 36.6 Å². The molecule has 0 bridgehead atoms. The van der Waals surface area contributed by atoms with Crippen LogP contribution in [0.4, 0.5) is 4.39 Å². The highest BCUT2D eigenvalue weighted by Gasteiger charge is 2.32. The van der Waals surface area contributed by atoms with Gasteiger partial charge in [0.1, 0.15) is 28.9 Å². The summed E-state index contributed by atoms with van der Waals surface area (Å²) < 4.78 is 27.8. The van der Waals surface area contributed by atoms with Crippen molar-refractivity contribution < 1.29 is 18.8 Å². The van der Waals surface area contributed by atoms with E-state index < -0.39 is 15.2 Å². The molecule has 1 aromatic carbocycles. The van der Waals surface area contributed by atoms with Gasteiger partial charge < -0.3 is 14.4 Å². The number of hydrogen-bond acceptors (Lipinski definition) is 6. The monoisotopic (exact) mass is 561 g/mol. The molecule has 3 heterocycles. The van der Waals surface area contributed by atoms with Crippen molar-refractivity contribution in [2.75, 3.05) is 6.61 Å². The number of rotatable bonds is 7. The van der Waals surface area contributed by atoms with Crippen LogP contribution in [0.15, 0.2) is 35.1 Å². The van der Waals surface area contributed by atoms with E-state index >= 15 is 0 Å². The summed E-state index contributed by atoms with van der Waals surface area (Å²) in [6.07, 6.45) is 2.22. The Hall–Kier alpha value is -2.30. The van der Waals surface area contributed by atoms with Crippen LogP contribution >= 0.6 is 15.9 Å². The van der Waals surface area contributed by atoms with Gasteiger partial charge in [-0.1, -0.05) is 25.7 Å². The molecule has 12 heteroatoms. The van der Waals surface area contributed by atoms with E-state index in [1.54, 1.807) is 34.6 Å². The first-order valence-electron chi connectivity index (χ1n) is 11.3. The highest BCUT2D eigenvalue weighted by molar-refractivity contribution is 9.10. The fourth-order valence-corrected chi connectivity index (χ4v) is 4.61. The largest absolute Gasteiger partial charge is 0.491 e. The molecular weight excluding hydrogens is 532 g/mol. The van der Waals surface area contributed by atoms with E-state index in [4.69, 9.17) is 9.39 Å². The third-order valence-corrected chi connectivity index (χ3v) is 8.28. The second kappa shape index (κ2) is 11.6. The SMILES string of the molecule is CC1OB(O)c2ccc(F)cc21.Cn1ncc(Cc2cc(C#N)n(COCC[Si](C)(C)C)n2)c1Br. The summed E-state index contributed by atoms with van der Waals surface area (Å²) in [6.45, 7) is 9.76. The van der Waals surface area contributed by atoms with Gasteiger partial charge in [-0.3, -0.25) is 4.68 Å². The Labute approximate surface area is 214 Å². The predicted octanol–water partition coefficient (Wildman–Crippen LogP) is 3.76. The van der Waals surface area contributed by atoms with Gasteiger partial charge in [-0.2, -0.15) is 15.5 Å². The molecule has 1 unspecified atom stereocenters. The molecule has 0 aliphatic carbocycles. The molecule has 3 aromatic rings. The Morgan fingerprint density at radius 2 is 2.09 bits per heavy atom. The highest BCUT2D eigenvalue weighted by Crippen LogP contribution is 2.23. The normalized spacial score (nSPS) is 14.9. The molecule has 0 amide bonds. The van der Waals surface area contributed by atoms with Crippen LogP contribution in [0.5, 0.6) is 0 Å². The second-order valence-electron chi connectivity index (χ2n) is 9.65. The van der Waals surface area contributed by atoms with Crippen LogP contribution in [0, 0.1) is 17.1 Å². The molecule has 0 saturated heterocycles. The first-order valence-corrected chi connectivity index (χ1v) is 15.8. The molecule has 2 aromatic heterocycles. The zero-order valence-electron chi connectivity index (χ0n) is 20.6. The Morgan fingerprint density at radius 1 is 1.34 bits per heavy atom. The zero-order valence-corrected chi connectivity index (χ0v) is 23.2. The van der Waals surface area contributed by atoms with E-state index in [-0.39, 0.29) is 11.9 Å². The fraction of sp³-hybridized carbons (Fsp3) is 0.435. The van der Waals surface area contributed by atoms with Gasteiger partial charge in [-0.05, 0) is 58.1 Å². The summed E-state index contributed by atoms with van der Waals surface area (Å²) in [5.41, 5.74) is 3.81. The lowest BCUT2D eigenvalue weighted by molar-refractivity contribution is 0.0777. The Morgan fingerprint density at radius 3 is 2.71 bits per heavy atom. The third kappa shape index (κ3) is 7.35. The van der Waals surface area contributed by atoms with Crippen LogP contribution in [-0.2, 0) is 29.6 Å². The van der Waals surface area contributed by atoms with Crippen LogP contribution in [0.1, 0.15) is 35.5 Å². The lowest BCUT2D eigenvalue weighted by Crippen LogP contribution is -2.27. The number of aromatic nitrogens is 4. The molecule has 4 rings (SSSR count). The van der Waals surface area contributed by atoms with Gasteiger partial charge in [0.2, 0.25) is 0 Å². The smallest absolute Gasteiger partial charge is 0.423 e. The average molecular weight is 562 g/mol. The Bertz CT molecular complexity index is 1210. The summed E-state index contributed by atoms with van der Waals surface area (Å²) in [6, 6.07) is 9.36. The van der Waals surface area contributed by atoms with Crippen molar-refractivity contribution in [3.8, 4) is 6.07 Å². The quantitative estimate of drug-likeness (QED) is 0.348. The van der Waals surface area contributed by atoms with E-state index in [2.05, 4.69) is 51.8 Å². The number of nitriles is 1. The number of benzene rings is 1. The minimum atomic E-state index is -1.10. The van der Waals surface area contributed by atoms with Gasteiger partial charge in [0, 0.05) is 33.7 Å². The van der Waals surface area contributed by atoms with Crippen molar-refractivity contribution in [3.63, 3.8) is 0 Å². The molecule has 0 saturated carbocycles. The number of nitrogens with zero attached hydrogens (tertiary/aromatic N) is 5. The maximum absolute atomic E-state index is 12.7. The van der Waals surface area contributed by atoms with Crippen LogP contribution in [0.2, 0.25) is 25.7 Å². The van der Waals surface area contributed by atoms with Crippen LogP contribution in [0.3, 0.4) is 0 Å². The Balaban J connectivity index is 0.000000237. The van der Waals surface area contributed by atoms with E-state index in [1.165, 1.54) is 12.1 Å². The minimum absolute atomic E-state index is 0.217. The van der Waals surface area contributed by atoms with Crippen LogP contribution in [-0.4, -0.2) is 46.4 Å². The van der Waals surface area contributed by atoms with Gasteiger partial charge in [0.05, 0.1) is 18.0 Å². The van der Waals surface area contributed by atoms with Crippen molar-refractivity contribution in [2.45, 2.75) is 51.9 Å². The minimum Gasteiger partial charge on any atom is -0.423 e. The second-order valence-corrected chi connectivity index (χ2v) is 16.0. The van der Waals surface area contributed by atoms with Gasteiger partial charge in [0.25, 0.3) is 0 Å². The Kier molecular flexibility index (Phi) is 9.06. The number of halogens is 2. The molecular formula is C23H30BBrFN5O3Si. The molecule has 1 N–H and O–H groups in total. The summed E-state index contributed by atoms with van der Waals surface area (Å²) in [7, 11) is -0.120. The molecule has 35 heavy (non-hydrogen) atoms. The maximum atomic E-state index is 12.7.